The van der Waals surface area contributed by atoms with E-state index >= 15 is 0 Å². The summed E-state index contributed by atoms with van der Waals surface area (Å²) in [6.45, 7) is 1.73. The highest BCUT2D eigenvalue weighted by Crippen LogP contribution is 2.32. The average molecular weight is 431 g/mol. The van der Waals surface area contributed by atoms with Crippen molar-refractivity contribution in [3.63, 3.8) is 0 Å². The molecule has 0 radical (unpaired) electrons. The van der Waals surface area contributed by atoms with Gasteiger partial charge in [0.1, 0.15) is 24.1 Å². The molecule has 178 valence electrons. The van der Waals surface area contributed by atoms with E-state index in [0.29, 0.717) is 6.42 Å². The van der Waals surface area contributed by atoms with Crippen LogP contribution in [0, 0.1) is 0 Å². The van der Waals surface area contributed by atoms with Gasteiger partial charge in [0.2, 0.25) is 5.79 Å². The van der Waals surface area contributed by atoms with Gasteiger partial charge >= 0.3 is 0 Å². The normalized spacial score (nSPS) is 26.4. The van der Waals surface area contributed by atoms with Gasteiger partial charge in [0, 0.05) is 6.42 Å². The number of ketones is 1. The summed E-state index contributed by atoms with van der Waals surface area (Å²) in [5, 5.41) is 38.9. The van der Waals surface area contributed by atoms with Crippen LogP contribution in [0.5, 0.6) is 0 Å². The van der Waals surface area contributed by atoms with Gasteiger partial charge in [0.15, 0.2) is 0 Å². The Morgan fingerprint density at radius 3 is 1.63 bits per heavy atom. The molecular formula is C24H46O6. The maximum absolute atomic E-state index is 12.1. The molecule has 1 fully saturated rings. The van der Waals surface area contributed by atoms with Crippen molar-refractivity contribution in [3.05, 3.63) is 0 Å². The highest BCUT2D eigenvalue weighted by Gasteiger charge is 2.53. The molecule has 0 bridgehead atoms. The van der Waals surface area contributed by atoms with E-state index in [1.807, 2.05) is 0 Å². The van der Waals surface area contributed by atoms with Crippen LogP contribution >= 0.6 is 0 Å². The van der Waals surface area contributed by atoms with E-state index in [-0.39, 0.29) is 12.2 Å². The largest absolute Gasteiger partial charge is 0.394 e. The molecule has 4 N–H and O–H groups in total. The van der Waals surface area contributed by atoms with Gasteiger partial charge in [-0.1, -0.05) is 96.8 Å². The molecule has 0 aromatic carbocycles. The highest BCUT2D eigenvalue weighted by atomic mass is 16.7. The molecule has 1 rings (SSSR count). The molecule has 1 saturated heterocycles. The lowest BCUT2D eigenvalue weighted by Crippen LogP contribution is -2.44. The second-order valence-corrected chi connectivity index (χ2v) is 9.03. The van der Waals surface area contributed by atoms with Crippen molar-refractivity contribution in [2.45, 2.75) is 140 Å². The Balaban J connectivity index is 1.93. The Hall–Kier alpha value is -0.530. The van der Waals surface area contributed by atoms with Crippen LogP contribution in [-0.4, -0.2) is 56.9 Å². The molecule has 1 aliphatic heterocycles. The summed E-state index contributed by atoms with van der Waals surface area (Å²) in [4.78, 5) is 12.1. The molecule has 0 aromatic rings. The predicted octanol–water partition coefficient (Wildman–Crippen LogP) is 4.01. The van der Waals surface area contributed by atoms with E-state index in [1.165, 1.54) is 77.0 Å². The van der Waals surface area contributed by atoms with E-state index in [0.717, 1.165) is 19.3 Å². The average Bonchev–Trinajstić information content (AvgIpc) is 2.94. The van der Waals surface area contributed by atoms with Crippen molar-refractivity contribution < 1.29 is 30.0 Å². The first-order chi connectivity index (χ1) is 14.4. The minimum atomic E-state index is -2.10. The van der Waals surface area contributed by atoms with Gasteiger partial charge in [0.25, 0.3) is 0 Å². The van der Waals surface area contributed by atoms with Gasteiger partial charge in [-0.05, 0) is 6.42 Å². The van der Waals surface area contributed by atoms with Gasteiger partial charge in [-0.2, -0.15) is 0 Å². The zero-order chi connectivity index (χ0) is 22.2. The number of hydrogen-bond acceptors (Lipinski definition) is 6. The molecule has 0 unspecified atom stereocenters. The van der Waals surface area contributed by atoms with Crippen molar-refractivity contribution in [3.8, 4) is 0 Å². The Morgan fingerprint density at radius 2 is 1.23 bits per heavy atom. The third-order valence-electron chi connectivity index (χ3n) is 6.21. The summed E-state index contributed by atoms with van der Waals surface area (Å²) in [5.74, 6) is -2.30. The van der Waals surface area contributed by atoms with Crippen LogP contribution in [0.2, 0.25) is 0 Å². The second kappa shape index (κ2) is 16.2. The monoisotopic (exact) mass is 430 g/mol. The highest BCUT2D eigenvalue weighted by molar-refractivity contribution is 5.79. The van der Waals surface area contributed by atoms with Crippen LogP contribution in [0.1, 0.15) is 116 Å². The maximum atomic E-state index is 12.1. The van der Waals surface area contributed by atoms with Gasteiger partial charge < -0.3 is 25.2 Å². The van der Waals surface area contributed by atoms with Gasteiger partial charge in [-0.15, -0.1) is 0 Å². The summed E-state index contributed by atoms with van der Waals surface area (Å²) in [6.07, 6.45) is 14.8. The van der Waals surface area contributed by atoms with Crippen LogP contribution in [0.4, 0.5) is 0 Å². The number of unbranched alkanes of at least 4 members (excludes halogenated alkanes) is 14. The van der Waals surface area contributed by atoms with Gasteiger partial charge in [-0.25, -0.2) is 0 Å². The lowest BCUT2D eigenvalue weighted by atomic mass is 9.97. The third kappa shape index (κ3) is 10.7. The lowest BCUT2D eigenvalue weighted by Gasteiger charge is -2.25. The molecule has 0 spiro atoms. The molecule has 30 heavy (non-hydrogen) atoms. The molecule has 6 heteroatoms. The second-order valence-electron chi connectivity index (χ2n) is 9.03. The Morgan fingerprint density at radius 1 is 0.800 bits per heavy atom. The zero-order valence-electron chi connectivity index (χ0n) is 19.1. The summed E-state index contributed by atoms with van der Waals surface area (Å²) >= 11 is 0. The number of rotatable bonds is 19. The smallest absolute Gasteiger partial charge is 0.202 e. The Bertz CT molecular complexity index is 443. The molecule has 0 saturated carbocycles. The standard InChI is InChI=1S/C24H46O6/c1-2-3-4-5-6-7-8-9-10-11-12-13-14-15-16-17-20(26)18-24(29)23(28)22(27)21(19-25)30-24/h21-23,25,27-29H,2-19H2,1H3/t21-,22+,23-,24-/m1/s1. The van der Waals surface area contributed by atoms with Gasteiger partial charge in [0.05, 0.1) is 13.0 Å². The van der Waals surface area contributed by atoms with Crippen LogP contribution < -0.4 is 0 Å². The number of Topliss-reactive ketones (excluding diaryl/α,β-unsaturated/α-hetero) is 1. The number of aliphatic hydroxyl groups is 4. The molecule has 1 heterocycles. The van der Waals surface area contributed by atoms with Crippen LogP contribution in [0.25, 0.3) is 0 Å². The van der Waals surface area contributed by atoms with Crippen molar-refractivity contribution >= 4 is 5.78 Å². The van der Waals surface area contributed by atoms with E-state index < -0.39 is 30.7 Å². The molecule has 0 aliphatic carbocycles. The first-order valence-corrected chi connectivity index (χ1v) is 12.3. The lowest BCUT2D eigenvalue weighted by molar-refractivity contribution is -0.231. The third-order valence-corrected chi connectivity index (χ3v) is 6.21. The van der Waals surface area contributed by atoms with Crippen molar-refractivity contribution in [1.29, 1.82) is 0 Å². The maximum Gasteiger partial charge on any atom is 0.202 e. The zero-order valence-corrected chi connectivity index (χ0v) is 19.1. The van der Waals surface area contributed by atoms with E-state index in [2.05, 4.69) is 6.92 Å². The summed E-state index contributed by atoms with van der Waals surface area (Å²) in [5.41, 5.74) is 0. The minimum Gasteiger partial charge on any atom is -0.394 e. The molecular weight excluding hydrogens is 384 g/mol. The molecule has 0 aromatic heterocycles. The quantitative estimate of drug-likeness (QED) is 0.231. The first-order valence-electron chi connectivity index (χ1n) is 12.3. The van der Waals surface area contributed by atoms with E-state index in [1.54, 1.807) is 0 Å². The fraction of sp³-hybridized carbons (Fsp3) is 0.958. The first kappa shape index (κ1) is 27.5. The number of ether oxygens (including phenoxy) is 1. The van der Waals surface area contributed by atoms with Crippen LogP contribution in [0.3, 0.4) is 0 Å². The minimum absolute atomic E-state index is 0.197. The fourth-order valence-electron chi connectivity index (χ4n) is 4.23. The Kier molecular flexibility index (Phi) is 14.8. The molecule has 0 amide bonds. The number of carbonyl (C=O) groups excluding carboxylic acids is 1. The molecule has 4 atom stereocenters. The number of carbonyl (C=O) groups is 1. The summed E-state index contributed by atoms with van der Waals surface area (Å²) < 4.78 is 5.11. The number of aliphatic hydroxyl groups excluding tert-OH is 3. The van der Waals surface area contributed by atoms with E-state index in [9.17, 15) is 20.1 Å². The number of hydrogen-bond donors (Lipinski definition) is 4. The fourth-order valence-corrected chi connectivity index (χ4v) is 4.23. The van der Waals surface area contributed by atoms with Crippen LogP contribution in [0.15, 0.2) is 0 Å². The van der Waals surface area contributed by atoms with Gasteiger partial charge in [-0.3, -0.25) is 4.79 Å². The summed E-state index contributed by atoms with van der Waals surface area (Å²) in [6, 6.07) is 0. The van der Waals surface area contributed by atoms with Crippen molar-refractivity contribution in [2.75, 3.05) is 6.61 Å². The van der Waals surface area contributed by atoms with Crippen molar-refractivity contribution in [2.24, 2.45) is 0 Å². The summed E-state index contributed by atoms with van der Waals surface area (Å²) in [7, 11) is 0. The van der Waals surface area contributed by atoms with Crippen LogP contribution in [-0.2, 0) is 9.53 Å². The van der Waals surface area contributed by atoms with E-state index in [4.69, 9.17) is 9.84 Å². The molecule has 1 aliphatic rings. The Labute approximate surface area is 183 Å². The topological polar surface area (TPSA) is 107 Å². The van der Waals surface area contributed by atoms with Crippen molar-refractivity contribution in [1.82, 2.24) is 0 Å². The SMILES string of the molecule is CCCCCCCCCCCCCCCCCC(=O)C[C@@]1(O)O[C@H](CO)[C@H](O)[C@H]1O. The predicted molar refractivity (Wildman–Crippen MR) is 118 cm³/mol. The molecule has 6 nitrogen and oxygen atoms in total.